The Balaban J connectivity index is 1.46. The number of hydrogen-bond donors (Lipinski definition) is 1. The summed E-state index contributed by atoms with van der Waals surface area (Å²) in [7, 11) is 0. The molecule has 3 heteroatoms. The standard InChI is InChI=1S/C22H29NO2/c24-22(18-8-2-1-3-9-18)14-16-23(21-13-5-4-12-20(21)22)15-6-10-19-11-7-17-25-19/h1-3,7-9,11,17,20-21,24H,4-6,10,12-16H2/t20-,21-,22+/m1/s1. The summed E-state index contributed by atoms with van der Waals surface area (Å²) >= 11 is 0. The first-order chi connectivity index (χ1) is 12.3. The average molecular weight is 339 g/mol. The number of piperidine rings is 1. The number of fused-ring (bicyclic) bond motifs is 1. The van der Waals surface area contributed by atoms with Crippen LogP contribution in [0.5, 0.6) is 0 Å². The lowest BCUT2D eigenvalue weighted by Gasteiger charge is -2.52. The molecule has 0 radical (unpaired) electrons. The molecule has 1 saturated carbocycles. The van der Waals surface area contributed by atoms with E-state index in [1.807, 2.05) is 12.1 Å². The van der Waals surface area contributed by atoms with Gasteiger partial charge in [-0.05, 0) is 49.9 Å². The quantitative estimate of drug-likeness (QED) is 0.879. The molecule has 2 aromatic rings. The molecule has 1 aromatic carbocycles. The maximum Gasteiger partial charge on any atom is 0.103 e. The topological polar surface area (TPSA) is 36.6 Å². The lowest BCUT2D eigenvalue weighted by atomic mass is 9.66. The van der Waals surface area contributed by atoms with Gasteiger partial charge in [0.2, 0.25) is 0 Å². The van der Waals surface area contributed by atoms with E-state index >= 15 is 0 Å². The van der Waals surface area contributed by atoms with E-state index in [-0.39, 0.29) is 0 Å². The van der Waals surface area contributed by atoms with Gasteiger partial charge in [-0.3, -0.25) is 4.90 Å². The smallest absolute Gasteiger partial charge is 0.103 e. The molecule has 2 aliphatic rings. The monoisotopic (exact) mass is 339 g/mol. The Bertz CT molecular complexity index is 654. The number of aryl methyl sites for hydroxylation is 1. The normalized spacial score (nSPS) is 30.1. The SMILES string of the molecule is O[C@]1(c2ccccc2)CCN(CCCc2ccco2)[C@@H]2CCCC[C@H]21. The van der Waals surface area contributed by atoms with Crippen molar-refractivity contribution in [3.63, 3.8) is 0 Å². The highest BCUT2D eigenvalue weighted by molar-refractivity contribution is 5.25. The molecule has 1 aliphatic heterocycles. The second-order valence-electron chi connectivity index (χ2n) is 7.72. The van der Waals surface area contributed by atoms with Crippen LogP contribution in [0.15, 0.2) is 53.1 Å². The summed E-state index contributed by atoms with van der Waals surface area (Å²) in [5.74, 6) is 1.44. The number of likely N-dealkylation sites (tertiary alicyclic amines) is 1. The Kier molecular flexibility index (Phi) is 4.96. The van der Waals surface area contributed by atoms with Crippen molar-refractivity contribution >= 4 is 0 Å². The predicted octanol–water partition coefficient (Wildman–Crippen LogP) is 4.36. The van der Waals surface area contributed by atoms with E-state index in [4.69, 9.17) is 4.42 Å². The highest BCUT2D eigenvalue weighted by Gasteiger charge is 2.48. The van der Waals surface area contributed by atoms with E-state index < -0.39 is 5.60 Å². The first kappa shape index (κ1) is 16.9. The van der Waals surface area contributed by atoms with Crippen LogP contribution >= 0.6 is 0 Å². The average Bonchev–Trinajstić information content (AvgIpc) is 3.18. The molecule has 134 valence electrons. The van der Waals surface area contributed by atoms with Crippen molar-refractivity contribution in [3.05, 3.63) is 60.1 Å². The third-order valence-electron chi connectivity index (χ3n) is 6.31. The van der Waals surface area contributed by atoms with E-state index in [2.05, 4.69) is 35.2 Å². The molecular weight excluding hydrogens is 310 g/mol. The summed E-state index contributed by atoms with van der Waals surface area (Å²) in [5.41, 5.74) is 0.464. The van der Waals surface area contributed by atoms with Crippen molar-refractivity contribution in [3.8, 4) is 0 Å². The van der Waals surface area contributed by atoms with Gasteiger partial charge in [0, 0.05) is 24.9 Å². The Hall–Kier alpha value is -1.58. The van der Waals surface area contributed by atoms with Gasteiger partial charge < -0.3 is 9.52 Å². The van der Waals surface area contributed by atoms with E-state index in [0.29, 0.717) is 12.0 Å². The van der Waals surface area contributed by atoms with Gasteiger partial charge in [-0.25, -0.2) is 0 Å². The lowest BCUT2D eigenvalue weighted by Crippen LogP contribution is -2.57. The highest BCUT2D eigenvalue weighted by Crippen LogP contribution is 2.46. The molecule has 2 fully saturated rings. The zero-order valence-electron chi connectivity index (χ0n) is 14.9. The van der Waals surface area contributed by atoms with E-state index in [1.54, 1.807) is 6.26 Å². The lowest BCUT2D eigenvalue weighted by molar-refractivity contribution is -0.120. The number of hydrogen-bond acceptors (Lipinski definition) is 3. The molecule has 3 atom stereocenters. The largest absolute Gasteiger partial charge is 0.469 e. The molecule has 25 heavy (non-hydrogen) atoms. The van der Waals surface area contributed by atoms with Crippen molar-refractivity contribution in [1.29, 1.82) is 0 Å². The van der Waals surface area contributed by atoms with Gasteiger partial charge in [-0.2, -0.15) is 0 Å². The van der Waals surface area contributed by atoms with Crippen LogP contribution < -0.4 is 0 Å². The van der Waals surface area contributed by atoms with Crippen LogP contribution in [0.25, 0.3) is 0 Å². The molecule has 1 saturated heterocycles. The first-order valence-electron chi connectivity index (χ1n) is 9.82. The van der Waals surface area contributed by atoms with Crippen molar-refractivity contribution in [2.24, 2.45) is 5.92 Å². The Labute approximate surface area is 150 Å². The van der Waals surface area contributed by atoms with Gasteiger partial charge >= 0.3 is 0 Å². The molecule has 1 aliphatic carbocycles. The number of nitrogens with zero attached hydrogens (tertiary/aromatic N) is 1. The summed E-state index contributed by atoms with van der Waals surface area (Å²) in [6, 6.07) is 14.9. The fraction of sp³-hybridized carbons (Fsp3) is 0.545. The van der Waals surface area contributed by atoms with Crippen LogP contribution in [-0.2, 0) is 12.0 Å². The highest BCUT2D eigenvalue weighted by atomic mass is 16.3. The summed E-state index contributed by atoms with van der Waals surface area (Å²) in [5, 5.41) is 11.6. The first-order valence-corrected chi connectivity index (χ1v) is 9.82. The Morgan fingerprint density at radius 2 is 1.92 bits per heavy atom. The van der Waals surface area contributed by atoms with Crippen molar-refractivity contribution in [2.45, 2.75) is 56.6 Å². The molecule has 1 aromatic heterocycles. The van der Waals surface area contributed by atoms with E-state index in [1.165, 1.54) is 19.3 Å². The zero-order chi connectivity index (χ0) is 17.1. The van der Waals surface area contributed by atoms with Crippen LogP contribution in [0.2, 0.25) is 0 Å². The molecule has 2 heterocycles. The maximum atomic E-state index is 11.6. The number of furan rings is 1. The minimum absolute atomic E-state index is 0.362. The zero-order valence-corrected chi connectivity index (χ0v) is 14.9. The van der Waals surface area contributed by atoms with Gasteiger partial charge in [0.25, 0.3) is 0 Å². The molecule has 4 rings (SSSR count). The summed E-state index contributed by atoms with van der Waals surface area (Å²) in [6.45, 7) is 2.09. The van der Waals surface area contributed by atoms with Gasteiger partial charge in [0.1, 0.15) is 5.76 Å². The third kappa shape index (κ3) is 3.40. The second-order valence-corrected chi connectivity index (χ2v) is 7.72. The van der Waals surface area contributed by atoms with Crippen molar-refractivity contribution < 1.29 is 9.52 Å². The van der Waals surface area contributed by atoms with Gasteiger partial charge in [-0.15, -0.1) is 0 Å². The Morgan fingerprint density at radius 3 is 2.72 bits per heavy atom. The van der Waals surface area contributed by atoms with Crippen LogP contribution in [0.1, 0.15) is 49.8 Å². The van der Waals surface area contributed by atoms with Gasteiger partial charge in [-0.1, -0.05) is 43.2 Å². The van der Waals surface area contributed by atoms with Crippen LogP contribution in [0.3, 0.4) is 0 Å². The Morgan fingerprint density at radius 1 is 1.08 bits per heavy atom. The molecule has 0 spiro atoms. The summed E-state index contributed by atoms with van der Waals surface area (Å²) in [6.07, 6.45) is 9.64. The molecule has 0 amide bonds. The van der Waals surface area contributed by atoms with E-state index in [0.717, 1.165) is 50.1 Å². The van der Waals surface area contributed by atoms with E-state index in [9.17, 15) is 5.11 Å². The van der Waals surface area contributed by atoms with Crippen LogP contribution in [0.4, 0.5) is 0 Å². The van der Waals surface area contributed by atoms with Gasteiger partial charge in [0.15, 0.2) is 0 Å². The predicted molar refractivity (Wildman–Crippen MR) is 99.3 cm³/mol. The molecule has 3 nitrogen and oxygen atoms in total. The molecule has 1 N–H and O–H groups in total. The summed E-state index contributed by atoms with van der Waals surface area (Å²) in [4.78, 5) is 2.64. The fourth-order valence-corrected chi connectivity index (χ4v) is 5.04. The summed E-state index contributed by atoms with van der Waals surface area (Å²) < 4.78 is 5.46. The minimum atomic E-state index is -0.649. The van der Waals surface area contributed by atoms with Crippen molar-refractivity contribution in [1.82, 2.24) is 4.90 Å². The van der Waals surface area contributed by atoms with Gasteiger partial charge in [0.05, 0.1) is 11.9 Å². The maximum absolute atomic E-state index is 11.6. The molecule has 0 unspecified atom stereocenters. The number of benzene rings is 1. The number of rotatable bonds is 5. The second kappa shape index (κ2) is 7.35. The third-order valence-corrected chi connectivity index (χ3v) is 6.31. The number of aliphatic hydroxyl groups is 1. The molecular formula is C22H29NO2. The van der Waals surface area contributed by atoms with Crippen LogP contribution in [-0.4, -0.2) is 29.1 Å². The minimum Gasteiger partial charge on any atom is -0.469 e. The van der Waals surface area contributed by atoms with Crippen molar-refractivity contribution in [2.75, 3.05) is 13.1 Å². The fourth-order valence-electron chi connectivity index (χ4n) is 5.04. The van der Waals surface area contributed by atoms with Crippen LogP contribution in [0, 0.1) is 5.92 Å². The molecule has 0 bridgehead atoms.